The van der Waals surface area contributed by atoms with Gasteiger partial charge >= 0.3 is 0 Å². The molecule has 194 valence electrons. The number of imide groups is 1. The van der Waals surface area contributed by atoms with Gasteiger partial charge < -0.3 is 0 Å². The van der Waals surface area contributed by atoms with Crippen molar-refractivity contribution in [3.05, 3.63) is 66.3 Å². The first kappa shape index (κ1) is 27.8. The van der Waals surface area contributed by atoms with Crippen LogP contribution >= 0.6 is 104 Å². The Bertz CT molecular complexity index is 1380. The van der Waals surface area contributed by atoms with Crippen molar-refractivity contribution in [2.75, 3.05) is 6.54 Å². The van der Waals surface area contributed by atoms with E-state index in [1.807, 2.05) is 0 Å². The van der Waals surface area contributed by atoms with Gasteiger partial charge in [-0.05, 0) is 29.6 Å². The molecule has 3 aliphatic rings. The Morgan fingerprint density at radius 2 is 1.49 bits per heavy atom. The van der Waals surface area contributed by atoms with Gasteiger partial charge in [-0.2, -0.15) is 5.01 Å². The van der Waals surface area contributed by atoms with E-state index in [0.29, 0.717) is 10.0 Å². The Morgan fingerprint density at radius 3 is 1.97 bits per heavy atom. The topological polar surface area (TPSA) is 74.8 Å². The van der Waals surface area contributed by atoms with Crippen molar-refractivity contribution in [3.8, 4) is 0 Å². The summed E-state index contributed by atoms with van der Waals surface area (Å²) in [5, 5.41) is 2.47. The second-order valence-corrected chi connectivity index (χ2v) is 13.5. The number of ketones is 1. The fourth-order valence-corrected chi connectivity index (χ4v) is 8.98. The predicted molar refractivity (Wildman–Crippen MR) is 145 cm³/mol. The van der Waals surface area contributed by atoms with E-state index in [0.717, 1.165) is 11.3 Å². The minimum absolute atomic E-state index is 0.0682. The first-order valence-corrected chi connectivity index (χ1v) is 14.1. The van der Waals surface area contributed by atoms with Crippen LogP contribution in [0.2, 0.25) is 10.0 Å². The van der Waals surface area contributed by atoms with Gasteiger partial charge in [-0.3, -0.25) is 19.2 Å². The molecule has 6 nitrogen and oxygen atoms in total. The van der Waals surface area contributed by atoms with Crippen LogP contribution in [0.1, 0.15) is 20.0 Å². The van der Waals surface area contributed by atoms with Gasteiger partial charge in [0.05, 0.1) is 37.4 Å². The smallest absolute Gasteiger partial charge is 0.274 e. The van der Waals surface area contributed by atoms with E-state index in [1.54, 1.807) is 11.4 Å². The molecule has 5 rings (SSSR count). The Morgan fingerprint density at radius 1 is 0.919 bits per heavy atom. The number of hydrogen-bond donors (Lipinski definition) is 0. The predicted octanol–water partition coefficient (Wildman–Crippen LogP) is 6.74. The summed E-state index contributed by atoms with van der Waals surface area (Å²) in [7, 11) is 0. The van der Waals surface area contributed by atoms with Crippen LogP contribution in [0.15, 0.2) is 45.8 Å². The van der Waals surface area contributed by atoms with E-state index < -0.39 is 56.0 Å². The first-order valence-electron chi connectivity index (χ1n) is 10.2. The molecule has 1 aromatic heterocycles. The molecule has 3 amide bonds. The monoisotopic (exact) mass is 678 g/mol. The average Bonchev–Trinajstić information content (AvgIpc) is 3.51. The molecule has 0 unspecified atom stereocenters. The van der Waals surface area contributed by atoms with Crippen molar-refractivity contribution >= 4 is 128 Å². The van der Waals surface area contributed by atoms with E-state index in [9.17, 15) is 19.2 Å². The molecule has 1 aromatic carbocycles. The molecule has 0 N–H and O–H groups in total. The lowest BCUT2D eigenvalue weighted by molar-refractivity contribution is -0.154. The number of thiophene rings is 1. The number of rotatable bonds is 5. The fourth-order valence-electron chi connectivity index (χ4n) is 4.90. The molecular formula is C22H10Cl8N2O4S. The van der Waals surface area contributed by atoms with Crippen LogP contribution in [-0.4, -0.2) is 54.1 Å². The number of hydrogen-bond acceptors (Lipinski definition) is 5. The second-order valence-electron chi connectivity index (χ2n) is 8.46. The van der Waals surface area contributed by atoms with Crippen molar-refractivity contribution < 1.29 is 19.2 Å². The molecule has 2 bridgehead atoms. The maximum absolute atomic E-state index is 13.8. The van der Waals surface area contributed by atoms with Crippen LogP contribution in [0.5, 0.6) is 0 Å². The third kappa shape index (κ3) is 3.52. The van der Waals surface area contributed by atoms with E-state index in [2.05, 4.69) is 0 Å². The van der Waals surface area contributed by atoms with Gasteiger partial charge in [0.2, 0.25) is 0 Å². The van der Waals surface area contributed by atoms with Gasteiger partial charge in [0.25, 0.3) is 17.7 Å². The van der Waals surface area contributed by atoms with Gasteiger partial charge in [-0.1, -0.05) is 75.7 Å². The normalized spacial score (nSPS) is 29.8. The minimum Gasteiger partial charge on any atom is -0.291 e. The SMILES string of the molecule is O=C(CN(C(=O)c1ccc(Cl)cc1Cl)N1C(=O)[C@H]2[C@H](C1=O)[C@@]1(Cl)C(Cl)=C(Cl)[C@@]2(Cl)C1(Cl)Cl)c1cccs1. The summed E-state index contributed by atoms with van der Waals surface area (Å²) < 4.78 is -2.15. The third-order valence-electron chi connectivity index (χ3n) is 6.61. The van der Waals surface area contributed by atoms with Crippen LogP contribution in [0.4, 0.5) is 0 Å². The number of allylic oxidation sites excluding steroid dienone is 2. The Labute approximate surface area is 253 Å². The number of nitrogens with zero attached hydrogens (tertiary/aromatic N) is 2. The Balaban J connectivity index is 1.62. The average molecular weight is 682 g/mol. The molecule has 0 radical (unpaired) electrons. The van der Waals surface area contributed by atoms with E-state index in [1.165, 1.54) is 24.3 Å². The molecule has 15 heteroatoms. The van der Waals surface area contributed by atoms with Crippen molar-refractivity contribution in [3.63, 3.8) is 0 Å². The van der Waals surface area contributed by atoms with Crippen LogP contribution < -0.4 is 0 Å². The number of alkyl halides is 4. The number of halogens is 8. The quantitative estimate of drug-likeness (QED) is 0.199. The number of amides is 3. The molecule has 1 saturated heterocycles. The van der Waals surface area contributed by atoms with Crippen LogP contribution in [0.25, 0.3) is 0 Å². The van der Waals surface area contributed by atoms with Gasteiger partial charge in [-0.25, -0.2) is 5.01 Å². The highest BCUT2D eigenvalue weighted by molar-refractivity contribution is 7.12. The van der Waals surface area contributed by atoms with E-state index >= 15 is 0 Å². The molecule has 4 atom stereocenters. The van der Waals surface area contributed by atoms with Crippen LogP contribution in [-0.2, 0) is 9.59 Å². The number of benzene rings is 1. The highest BCUT2D eigenvalue weighted by Crippen LogP contribution is 2.77. The summed E-state index contributed by atoms with van der Waals surface area (Å²) in [4.78, 5) is 50.5. The molecule has 0 spiro atoms. The summed E-state index contributed by atoms with van der Waals surface area (Å²) in [5.74, 6) is -6.43. The lowest BCUT2D eigenvalue weighted by atomic mass is 9.84. The van der Waals surface area contributed by atoms with Crippen molar-refractivity contribution in [2.24, 2.45) is 11.8 Å². The number of Topliss-reactive ketones (excluding diaryl/α,β-unsaturated/α-hetero) is 1. The van der Waals surface area contributed by atoms with Crippen molar-refractivity contribution in [1.29, 1.82) is 0 Å². The molecule has 2 aromatic rings. The summed E-state index contributed by atoms with van der Waals surface area (Å²) in [5.41, 5.74) is -0.120. The van der Waals surface area contributed by atoms with Crippen molar-refractivity contribution in [1.82, 2.24) is 10.0 Å². The second kappa shape index (κ2) is 9.15. The number of fused-ring (bicyclic) bond motifs is 5. The highest BCUT2D eigenvalue weighted by atomic mass is 35.5. The van der Waals surface area contributed by atoms with Gasteiger partial charge in [0.15, 0.2) is 10.1 Å². The largest absolute Gasteiger partial charge is 0.291 e. The third-order valence-corrected chi connectivity index (χ3v) is 12.3. The van der Waals surface area contributed by atoms with Crippen LogP contribution in [0.3, 0.4) is 0 Å². The molecule has 1 aliphatic heterocycles. The van der Waals surface area contributed by atoms with Gasteiger partial charge in [0, 0.05) is 5.02 Å². The summed E-state index contributed by atoms with van der Waals surface area (Å²) in [6.45, 7) is -0.693. The molecule has 37 heavy (non-hydrogen) atoms. The zero-order valence-corrected chi connectivity index (χ0v) is 24.6. The molecule has 2 fully saturated rings. The summed E-state index contributed by atoms with van der Waals surface area (Å²) in [6, 6.07) is 7.17. The minimum atomic E-state index is -2.15. The van der Waals surface area contributed by atoms with Crippen LogP contribution in [0, 0.1) is 11.8 Å². The molecular weight excluding hydrogens is 672 g/mol. The lowest BCUT2D eigenvalue weighted by Crippen LogP contribution is -2.56. The van der Waals surface area contributed by atoms with E-state index in [4.69, 9.17) is 92.8 Å². The number of carbonyl (C=O) groups is 4. The highest BCUT2D eigenvalue weighted by Gasteiger charge is 2.88. The molecule has 2 heterocycles. The van der Waals surface area contributed by atoms with Gasteiger partial charge in [0.1, 0.15) is 16.3 Å². The zero-order chi connectivity index (χ0) is 27.2. The first-order chi connectivity index (χ1) is 17.2. The fraction of sp³-hybridized carbons (Fsp3) is 0.273. The standard InChI is InChI=1S/C22H10Cl8N2O4S/c23-8-3-4-9(10(24)6-8)17(34)31(7-11(33)12-2-1-5-37-12)32-18(35)13-14(19(32)36)21(28)16(26)15(25)20(13,27)22(21,29)30/h1-6,13-14H,7H2/t13-,14-,20-,21-/m1/s1. The zero-order valence-electron chi connectivity index (χ0n) is 17.8. The van der Waals surface area contributed by atoms with Gasteiger partial charge in [-0.15, -0.1) is 34.5 Å². The summed E-state index contributed by atoms with van der Waals surface area (Å²) in [6.07, 6.45) is 0. The summed E-state index contributed by atoms with van der Waals surface area (Å²) >= 11 is 52.5. The lowest BCUT2D eigenvalue weighted by Gasteiger charge is -2.36. The molecule has 2 aliphatic carbocycles. The number of carbonyl (C=O) groups excluding carboxylic acids is 4. The van der Waals surface area contributed by atoms with Crippen molar-refractivity contribution in [2.45, 2.75) is 14.1 Å². The number of hydrazine groups is 1. The Hall–Kier alpha value is -0.740. The van der Waals surface area contributed by atoms with E-state index in [-0.39, 0.29) is 30.6 Å². The Kier molecular flexibility index (Phi) is 6.88. The maximum atomic E-state index is 13.8. The maximum Gasteiger partial charge on any atom is 0.274 e. The molecule has 1 saturated carbocycles.